The topological polar surface area (TPSA) is 85.2 Å². The van der Waals surface area contributed by atoms with Crippen molar-refractivity contribution in [3.63, 3.8) is 0 Å². The molecule has 1 heterocycles. The molecule has 6 nitrogen and oxygen atoms in total. The van der Waals surface area contributed by atoms with Gasteiger partial charge >= 0.3 is 0 Å². The molecular weight excluding hydrogens is 372 g/mol. The predicted molar refractivity (Wildman–Crippen MR) is 108 cm³/mol. The van der Waals surface area contributed by atoms with Gasteiger partial charge in [0.05, 0.1) is 26.4 Å². The number of aliphatic hydroxyl groups excluding tert-OH is 2. The second-order valence-corrected chi connectivity index (χ2v) is 7.22. The average Bonchev–Trinajstić information content (AvgIpc) is 2.72. The summed E-state index contributed by atoms with van der Waals surface area (Å²) in [5.41, 5.74) is 4.08. The van der Waals surface area contributed by atoms with Gasteiger partial charge in [-0.2, -0.15) is 0 Å². The molecule has 29 heavy (non-hydrogen) atoms. The van der Waals surface area contributed by atoms with Gasteiger partial charge in [-0.15, -0.1) is 0 Å². The molecule has 2 N–H and O–H groups in total. The molecule has 3 atom stereocenters. The SMILES string of the molecule is CCOc1ccc(Cc2cc([C@H]3C[C@@H](O)C(=O)[C@@H](CO)O3)c(OC)cc2C)cc1. The standard InChI is InChI=1S/C23H28O6/c1-4-28-17-7-5-15(6-8-17)10-16-11-18(20(27-3)9-14(16)2)21-12-19(25)23(26)22(13-24)29-21/h5-9,11,19,21-22,24-25H,4,10,12-13H2,1-3H3/t19-,21-,22-/m1/s1. The maximum atomic E-state index is 11.9. The highest BCUT2D eigenvalue weighted by molar-refractivity contribution is 5.88. The van der Waals surface area contributed by atoms with Crippen LogP contribution in [0.4, 0.5) is 0 Å². The fraction of sp³-hybridized carbons (Fsp3) is 0.435. The van der Waals surface area contributed by atoms with E-state index < -0.39 is 30.7 Å². The molecule has 0 spiro atoms. The molecule has 0 saturated carbocycles. The Balaban J connectivity index is 1.89. The molecule has 0 unspecified atom stereocenters. The van der Waals surface area contributed by atoms with Gasteiger partial charge in [-0.3, -0.25) is 4.79 Å². The number of aliphatic hydroxyl groups is 2. The number of ketones is 1. The summed E-state index contributed by atoms with van der Waals surface area (Å²) in [6.45, 7) is 4.15. The van der Waals surface area contributed by atoms with Crippen molar-refractivity contribution >= 4 is 5.78 Å². The van der Waals surface area contributed by atoms with Crippen LogP contribution < -0.4 is 9.47 Å². The number of methoxy groups -OCH3 is 1. The maximum Gasteiger partial charge on any atom is 0.192 e. The Morgan fingerprint density at radius 3 is 2.55 bits per heavy atom. The van der Waals surface area contributed by atoms with Crippen LogP contribution in [0.5, 0.6) is 11.5 Å². The minimum atomic E-state index is -1.16. The predicted octanol–water partition coefficient (Wildman–Crippen LogP) is 2.75. The van der Waals surface area contributed by atoms with E-state index in [-0.39, 0.29) is 6.42 Å². The quantitative estimate of drug-likeness (QED) is 0.743. The fourth-order valence-electron chi connectivity index (χ4n) is 3.64. The van der Waals surface area contributed by atoms with Gasteiger partial charge in [0.2, 0.25) is 0 Å². The van der Waals surface area contributed by atoms with E-state index in [1.807, 2.05) is 50.2 Å². The third kappa shape index (κ3) is 4.78. The van der Waals surface area contributed by atoms with Crippen LogP contribution in [-0.2, 0) is 16.0 Å². The molecule has 1 saturated heterocycles. The van der Waals surface area contributed by atoms with E-state index in [2.05, 4.69) is 0 Å². The molecule has 156 valence electrons. The lowest BCUT2D eigenvalue weighted by Gasteiger charge is -2.32. The lowest BCUT2D eigenvalue weighted by Crippen LogP contribution is -2.43. The highest BCUT2D eigenvalue weighted by atomic mass is 16.5. The van der Waals surface area contributed by atoms with Gasteiger partial charge < -0.3 is 24.4 Å². The smallest absolute Gasteiger partial charge is 0.192 e. The molecule has 1 aliphatic heterocycles. The molecule has 0 aromatic heterocycles. The highest BCUT2D eigenvalue weighted by Gasteiger charge is 2.37. The largest absolute Gasteiger partial charge is 0.496 e. The van der Waals surface area contributed by atoms with Crippen molar-refractivity contribution in [2.24, 2.45) is 0 Å². The first kappa shape index (κ1) is 21.3. The fourth-order valence-corrected chi connectivity index (χ4v) is 3.64. The number of carbonyl (C=O) groups is 1. The Labute approximate surface area is 171 Å². The third-order valence-corrected chi connectivity index (χ3v) is 5.24. The molecule has 0 radical (unpaired) electrons. The molecular formula is C23H28O6. The van der Waals surface area contributed by atoms with Crippen molar-refractivity contribution in [2.75, 3.05) is 20.3 Å². The van der Waals surface area contributed by atoms with Gasteiger partial charge in [0, 0.05) is 12.0 Å². The number of rotatable bonds is 7. The summed E-state index contributed by atoms with van der Waals surface area (Å²) in [6, 6.07) is 11.9. The van der Waals surface area contributed by atoms with Gasteiger partial charge in [0.1, 0.15) is 23.7 Å². The van der Waals surface area contributed by atoms with E-state index >= 15 is 0 Å². The first-order valence-electron chi connectivity index (χ1n) is 9.84. The zero-order valence-electron chi connectivity index (χ0n) is 17.1. The number of ether oxygens (including phenoxy) is 3. The van der Waals surface area contributed by atoms with E-state index in [9.17, 15) is 15.0 Å². The Kier molecular flexibility index (Phi) is 6.90. The summed E-state index contributed by atoms with van der Waals surface area (Å²) in [4.78, 5) is 11.9. The normalized spacial score (nSPS) is 21.8. The molecule has 3 rings (SSSR count). The Bertz CT molecular complexity index is 845. The summed E-state index contributed by atoms with van der Waals surface area (Å²) in [6.07, 6.45) is -1.87. The summed E-state index contributed by atoms with van der Waals surface area (Å²) in [7, 11) is 1.58. The van der Waals surface area contributed by atoms with Crippen LogP contribution in [0.15, 0.2) is 36.4 Å². The monoisotopic (exact) mass is 400 g/mol. The van der Waals surface area contributed by atoms with Gasteiger partial charge in [0.15, 0.2) is 5.78 Å². The van der Waals surface area contributed by atoms with Crippen molar-refractivity contribution in [2.45, 2.75) is 45.0 Å². The molecule has 6 heteroatoms. The summed E-state index contributed by atoms with van der Waals surface area (Å²) < 4.78 is 16.8. The van der Waals surface area contributed by atoms with E-state index in [1.54, 1.807) is 7.11 Å². The van der Waals surface area contributed by atoms with Crippen molar-refractivity contribution < 1.29 is 29.2 Å². The molecule has 0 bridgehead atoms. The van der Waals surface area contributed by atoms with Crippen LogP contribution in [0.25, 0.3) is 0 Å². The van der Waals surface area contributed by atoms with Crippen LogP contribution in [0.1, 0.15) is 41.7 Å². The highest BCUT2D eigenvalue weighted by Crippen LogP contribution is 2.37. The van der Waals surface area contributed by atoms with E-state index in [0.29, 0.717) is 18.8 Å². The number of aryl methyl sites for hydroxylation is 1. The van der Waals surface area contributed by atoms with Crippen LogP contribution >= 0.6 is 0 Å². The Morgan fingerprint density at radius 1 is 1.21 bits per heavy atom. The second kappa shape index (κ2) is 9.39. The lowest BCUT2D eigenvalue weighted by atomic mass is 9.91. The number of hydrogen-bond acceptors (Lipinski definition) is 6. The molecule has 2 aromatic carbocycles. The lowest BCUT2D eigenvalue weighted by molar-refractivity contribution is -0.162. The summed E-state index contributed by atoms with van der Waals surface area (Å²) >= 11 is 0. The first-order chi connectivity index (χ1) is 14.0. The molecule has 2 aromatic rings. The van der Waals surface area contributed by atoms with Crippen molar-refractivity contribution in [1.82, 2.24) is 0 Å². The third-order valence-electron chi connectivity index (χ3n) is 5.24. The van der Waals surface area contributed by atoms with Gasteiger partial charge in [-0.25, -0.2) is 0 Å². The zero-order valence-corrected chi connectivity index (χ0v) is 17.1. The van der Waals surface area contributed by atoms with Crippen molar-refractivity contribution in [3.8, 4) is 11.5 Å². The summed E-state index contributed by atoms with van der Waals surface area (Å²) in [5, 5.41) is 19.5. The van der Waals surface area contributed by atoms with Crippen LogP contribution in [0.2, 0.25) is 0 Å². The number of hydrogen-bond donors (Lipinski definition) is 2. The van der Waals surface area contributed by atoms with E-state index in [4.69, 9.17) is 14.2 Å². The Hall–Kier alpha value is -2.41. The van der Waals surface area contributed by atoms with Crippen LogP contribution in [0.3, 0.4) is 0 Å². The molecule has 1 aliphatic rings. The number of carbonyl (C=O) groups excluding carboxylic acids is 1. The zero-order chi connectivity index (χ0) is 21.0. The van der Waals surface area contributed by atoms with Crippen LogP contribution in [-0.4, -0.2) is 48.5 Å². The van der Waals surface area contributed by atoms with Gasteiger partial charge in [0.25, 0.3) is 0 Å². The maximum absolute atomic E-state index is 11.9. The van der Waals surface area contributed by atoms with Crippen molar-refractivity contribution in [1.29, 1.82) is 0 Å². The second-order valence-electron chi connectivity index (χ2n) is 7.22. The minimum Gasteiger partial charge on any atom is -0.496 e. The summed E-state index contributed by atoms with van der Waals surface area (Å²) in [5.74, 6) is 0.998. The van der Waals surface area contributed by atoms with Gasteiger partial charge in [-0.05, 0) is 61.2 Å². The molecule has 0 aliphatic carbocycles. The van der Waals surface area contributed by atoms with Gasteiger partial charge in [-0.1, -0.05) is 12.1 Å². The van der Waals surface area contributed by atoms with E-state index in [1.165, 1.54) is 0 Å². The van der Waals surface area contributed by atoms with Crippen LogP contribution in [0, 0.1) is 6.92 Å². The minimum absolute atomic E-state index is 0.136. The Morgan fingerprint density at radius 2 is 1.93 bits per heavy atom. The molecule has 0 amide bonds. The molecule has 1 fully saturated rings. The number of Topliss-reactive ketones (excluding diaryl/α,β-unsaturated/α-hetero) is 1. The number of benzene rings is 2. The average molecular weight is 400 g/mol. The first-order valence-corrected chi connectivity index (χ1v) is 9.84. The van der Waals surface area contributed by atoms with Crippen molar-refractivity contribution in [3.05, 3.63) is 58.7 Å². The van der Waals surface area contributed by atoms with E-state index in [0.717, 1.165) is 28.0 Å².